The molecule has 2 bridgehead atoms. The molecule has 2 heterocycles. The minimum absolute atomic E-state index is 0.251. The van der Waals surface area contributed by atoms with Gasteiger partial charge in [-0.3, -0.25) is 4.79 Å². The van der Waals surface area contributed by atoms with E-state index in [1.54, 1.807) is 12.2 Å². The Morgan fingerprint density at radius 1 is 1.17 bits per heavy atom. The second-order valence-electron chi connectivity index (χ2n) is 5.56. The summed E-state index contributed by atoms with van der Waals surface area (Å²) < 4.78 is 0. The zero-order valence-corrected chi connectivity index (χ0v) is 11.1. The fraction of sp³-hybridized carbons (Fsp3) is 0.667. The quantitative estimate of drug-likeness (QED) is 0.730. The number of hydrogen-bond donors (Lipinski definition) is 1. The van der Waals surface area contributed by atoms with Gasteiger partial charge in [0.15, 0.2) is 0 Å². The molecule has 0 saturated carbocycles. The molecule has 0 aromatic rings. The molecule has 2 fully saturated rings. The summed E-state index contributed by atoms with van der Waals surface area (Å²) in [5.41, 5.74) is 0. The van der Waals surface area contributed by atoms with Crippen LogP contribution in [-0.2, 0) is 4.79 Å². The van der Waals surface area contributed by atoms with Crippen molar-refractivity contribution in [2.75, 3.05) is 13.1 Å². The summed E-state index contributed by atoms with van der Waals surface area (Å²) in [5.74, 6) is 0.814. The topological polar surface area (TPSA) is 32.3 Å². The third kappa shape index (κ3) is 3.22. The average Bonchev–Trinajstić information content (AvgIpc) is 2.68. The summed E-state index contributed by atoms with van der Waals surface area (Å²) in [5, 5.41) is 3.62. The number of carbonyl (C=O) groups excluding carboxylic acids is 1. The van der Waals surface area contributed by atoms with Crippen LogP contribution in [0.2, 0.25) is 0 Å². The minimum atomic E-state index is 0.251. The first kappa shape index (κ1) is 13.3. The predicted octanol–water partition coefficient (Wildman–Crippen LogP) is 2.11. The Bertz CT molecular complexity index is 304. The molecular formula is C15H24N2O. The van der Waals surface area contributed by atoms with E-state index >= 15 is 0 Å². The first-order chi connectivity index (χ1) is 8.72. The molecule has 2 atom stereocenters. The lowest BCUT2D eigenvalue weighted by molar-refractivity contribution is -0.131. The summed E-state index contributed by atoms with van der Waals surface area (Å²) in [4.78, 5) is 14.1. The number of fused-ring (bicyclic) bond motifs is 2. The Hall–Kier alpha value is -1.09. The molecule has 1 N–H and O–H groups in total. The zero-order valence-electron chi connectivity index (χ0n) is 11.1. The van der Waals surface area contributed by atoms with Gasteiger partial charge in [-0.15, -0.1) is 13.2 Å². The van der Waals surface area contributed by atoms with E-state index in [0.29, 0.717) is 37.5 Å². The molecule has 2 aliphatic rings. The van der Waals surface area contributed by atoms with Crippen LogP contribution in [0.25, 0.3) is 0 Å². The highest BCUT2D eigenvalue weighted by Crippen LogP contribution is 2.32. The van der Waals surface area contributed by atoms with Crippen molar-refractivity contribution in [1.82, 2.24) is 10.2 Å². The molecule has 2 saturated heterocycles. The smallest absolute Gasteiger partial charge is 0.223 e. The number of hydrogen-bond acceptors (Lipinski definition) is 2. The Labute approximate surface area is 110 Å². The van der Waals surface area contributed by atoms with Crippen molar-refractivity contribution in [3.8, 4) is 0 Å². The van der Waals surface area contributed by atoms with Crippen LogP contribution in [0.15, 0.2) is 25.3 Å². The van der Waals surface area contributed by atoms with E-state index < -0.39 is 0 Å². The van der Waals surface area contributed by atoms with E-state index in [1.807, 2.05) is 4.90 Å². The van der Waals surface area contributed by atoms with Crippen LogP contribution in [0.1, 0.15) is 32.1 Å². The molecule has 0 spiro atoms. The van der Waals surface area contributed by atoms with Crippen molar-refractivity contribution in [2.24, 2.45) is 5.92 Å². The van der Waals surface area contributed by atoms with Gasteiger partial charge in [0.25, 0.3) is 0 Å². The van der Waals surface area contributed by atoms with Gasteiger partial charge in [-0.2, -0.15) is 0 Å². The Kier molecular flexibility index (Phi) is 4.59. The number of nitrogens with one attached hydrogen (secondary N) is 1. The van der Waals surface area contributed by atoms with Crippen LogP contribution in [-0.4, -0.2) is 36.0 Å². The minimum Gasteiger partial charge on any atom is -0.335 e. The van der Waals surface area contributed by atoms with Crippen LogP contribution in [0, 0.1) is 5.92 Å². The predicted molar refractivity (Wildman–Crippen MR) is 74.3 cm³/mol. The standard InChI is InChI=1S/C15H24N2O/c1-3-7-17(8-4-2)15(18)11-12-9-13-5-6-14(10-12)16-13/h3-4,12-14,16H,1-2,5-11H2. The summed E-state index contributed by atoms with van der Waals surface area (Å²) in [7, 11) is 0. The van der Waals surface area contributed by atoms with Gasteiger partial charge in [0.1, 0.15) is 0 Å². The molecule has 3 nitrogen and oxygen atoms in total. The van der Waals surface area contributed by atoms with Gasteiger partial charge >= 0.3 is 0 Å². The third-order valence-electron chi connectivity index (χ3n) is 4.09. The highest BCUT2D eigenvalue weighted by molar-refractivity contribution is 5.76. The number of amides is 1. The summed E-state index contributed by atoms with van der Waals surface area (Å²) in [6.45, 7) is 8.67. The second kappa shape index (κ2) is 6.19. The van der Waals surface area contributed by atoms with E-state index in [1.165, 1.54) is 12.8 Å². The van der Waals surface area contributed by atoms with E-state index in [0.717, 1.165) is 12.8 Å². The van der Waals surface area contributed by atoms with Crippen LogP contribution >= 0.6 is 0 Å². The first-order valence-corrected chi connectivity index (χ1v) is 6.98. The van der Waals surface area contributed by atoms with Crippen LogP contribution in [0.3, 0.4) is 0 Å². The molecule has 1 amide bonds. The number of rotatable bonds is 6. The van der Waals surface area contributed by atoms with Gasteiger partial charge in [0.05, 0.1) is 0 Å². The molecule has 18 heavy (non-hydrogen) atoms. The number of carbonyl (C=O) groups is 1. The molecule has 2 aliphatic heterocycles. The van der Waals surface area contributed by atoms with Crippen LogP contribution in [0.5, 0.6) is 0 Å². The van der Waals surface area contributed by atoms with E-state index in [-0.39, 0.29) is 5.91 Å². The highest BCUT2D eigenvalue weighted by Gasteiger charge is 2.34. The molecule has 0 aromatic heterocycles. The van der Waals surface area contributed by atoms with Crippen molar-refractivity contribution in [1.29, 1.82) is 0 Å². The number of nitrogens with zero attached hydrogens (tertiary/aromatic N) is 1. The lowest BCUT2D eigenvalue weighted by Gasteiger charge is -2.30. The monoisotopic (exact) mass is 248 g/mol. The maximum absolute atomic E-state index is 12.2. The van der Waals surface area contributed by atoms with Gasteiger partial charge < -0.3 is 10.2 Å². The van der Waals surface area contributed by atoms with E-state index in [2.05, 4.69) is 18.5 Å². The molecule has 3 heteroatoms. The van der Waals surface area contributed by atoms with Gasteiger partial charge in [0.2, 0.25) is 5.91 Å². The summed E-state index contributed by atoms with van der Waals surface area (Å²) >= 11 is 0. The molecule has 100 valence electrons. The molecule has 0 aromatic carbocycles. The summed E-state index contributed by atoms with van der Waals surface area (Å²) in [6, 6.07) is 1.32. The number of piperidine rings is 1. The normalized spacial score (nSPS) is 29.9. The molecule has 2 unspecified atom stereocenters. The van der Waals surface area contributed by atoms with Crippen molar-refractivity contribution >= 4 is 5.91 Å². The lowest BCUT2D eigenvalue weighted by atomic mass is 9.89. The first-order valence-electron chi connectivity index (χ1n) is 6.98. The molecule has 0 aliphatic carbocycles. The highest BCUT2D eigenvalue weighted by atomic mass is 16.2. The summed E-state index contributed by atoms with van der Waals surface area (Å²) in [6.07, 6.45) is 9.17. The Morgan fingerprint density at radius 3 is 2.22 bits per heavy atom. The fourth-order valence-corrected chi connectivity index (χ4v) is 3.31. The van der Waals surface area contributed by atoms with Crippen LogP contribution in [0.4, 0.5) is 0 Å². The largest absolute Gasteiger partial charge is 0.335 e. The van der Waals surface area contributed by atoms with E-state index in [4.69, 9.17) is 0 Å². The van der Waals surface area contributed by atoms with Crippen molar-refractivity contribution in [3.63, 3.8) is 0 Å². The second-order valence-corrected chi connectivity index (χ2v) is 5.56. The molecule has 0 radical (unpaired) electrons. The van der Waals surface area contributed by atoms with Gasteiger partial charge in [-0.05, 0) is 31.6 Å². The van der Waals surface area contributed by atoms with Gasteiger partial charge in [0, 0.05) is 31.6 Å². The SMILES string of the molecule is C=CCN(CC=C)C(=O)CC1CC2CCC(C1)N2. The van der Waals surface area contributed by atoms with E-state index in [9.17, 15) is 4.79 Å². The molecular weight excluding hydrogens is 224 g/mol. The average molecular weight is 248 g/mol. The van der Waals surface area contributed by atoms with Crippen molar-refractivity contribution in [2.45, 2.75) is 44.2 Å². The van der Waals surface area contributed by atoms with Gasteiger partial charge in [-0.1, -0.05) is 12.2 Å². The van der Waals surface area contributed by atoms with Crippen molar-refractivity contribution < 1.29 is 4.79 Å². The van der Waals surface area contributed by atoms with Crippen molar-refractivity contribution in [3.05, 3.63) is 25.3 Å². The maximum atomic E-state index is 12.2. The Balaban J connectivity index is 1.85. The van der Waals surface area contributed by atoms with Crippen LogP contribution < -0.4 is 5.32 Å². The zero-order chi connectivity index (χ0) is 13.0. The lowest BCUT2D eigenvalue weighted by Crippen LogP contribution is -2.40. The third-order valence-corrected chi connectivity index (χ3v) is 4.09. The fourth-order valence-electron chi connectivity index (χ4n) is 3.31. The molecule has 2 rings (SSSR count). The maximum Gasteiger partial charge on any atom is 0.223 e. The van der Waals surface area contributed by atoms with Gasteiger partial charge in [-0.25, -0.2) is 0 Å². The Morgan fingerprint density at radius 2 is 1.72 bits per heavy atom.